The minimum atomic E-state index is 1.23. The van der Waals surface area contributed by atoms with E-state index in [1.807, 2.05) is 11.3 Å². The lowest BCUT2D eigenvalue weighted by molar-refractivity contribution is 1.63. The van der Waals surface area contributed by atoms with Gasteiger partial charge in [-0.3, -0.25) is 0 Å². The molecular formula is C46H28S. The molecular weight excluding hydrogens is 585 g/mol. The predicted octanol–water partition coefficient (Wildman–Crippen LogP) is 13.7. The molecule has 1 heteroatoms. The Kier molecular flexibility index (Phi) is 5.85. The van der Waals surface area contributed by atoms with Crippen molar-refractivity contribution in [2.45, 2.75) is 0 Å². The molecule has 218 valence electrons. The van der Waals surface area contributed by atoms with E-state index in [-0.39, 0.29) is 0 Å². The van der Waals surface area contributed by atoms with Crippen LogP contribution in [0, 0.1) is 0 Å². The molecule has 0 fully saturated rings. The van der Waals surface area contributed by atoms with Crippen molar-refractivity contribution in [1.82, 2.24) is 0 Å². The van der Waals surface area contributed by atoms with Crippen molar-refractivity contribution in [1.29, 1.82) is 0 Å². The molecule has 0 atom stereocenters. The van der Waals surface area contributed by atoms with Crippen LogP contribution in [0.4, 0.5) is 0 Å². The highest BCUT2D eigenvalue weighted by Crippen LogP contribution is 2.45. The fraction of sp³-hybridized carbons (Fsp3) is 0. The van der Waals surface area contributed by atoms with Gasteiger partial charge in [0.1, 0.15) is 0 Å². The van der Waals surface area contributed by atoms with Crippen molar-refractivity contribution in [3.8, 4) is 33.4 Å². The van der Waals surface area contributed by atoms with E-state index in [2.05, 4.69) is 170 Å². The van der Waals surface area contributed by atoms with Crippen molar-refractivity contribution in [3.63, 3.8) is 0 Å². The van der Waals surface area contributed by atoms with Crippen LogP contribution in [0.5, 0.6) is 0 Å². The molecule has 1 aromatic heterocycles. The first-order valence-corrected chi connectivity index (χ1v) is 17.0. The Morgan fingerprint density at radius 3 is 1.47 bits per heavy atom. The molecule has 1 heterocycles. The Morgan fingerprint density at radius 2 is 0.745 bits per heavy atom. The summed E-state index contributed by atoms with van der Waals surface area (Å²) in [4.78, 5) is 0. The molecule has 0 amide bonds. The zero-order valence-electron chi connectivity index (χ0n) is 25.6. The van der Waals surface area contributed by atoms with Gasteiger partial charge >= 0.3 is 0 Å². The van der Waals surface area contributed by atoms with E-state index in [9.17, 15) is 0 Å². The van der Waals surface area contributed by atoms with Gasteiger partial charge < -0.3 is 0 Å². The molecule has 10 aromatic rings. The number of benzene rings is 9. The van der Waals surface area contributed by atoms with Gasteiger partial charge in [0.05, 0.1) is 0 Å². The molecule has 0 spiro atoms. The third kappa shape index (κ3) is 4.14. The molecule has 0 nitrogen and oxygen atoms in total. The Hall–Kier alpha value is -5.76. The number of thiophene rings is 1. The summed E-state index contributed by atoms with van der Waals surface area (Å²) in [5, 5.41) is 12.9. The van der Waals surface area contributed by atoms with E-state index in [1.165, 1.54) is 96.6 Å². The average molecular weight is 613 g/mol. The molecule has 0 aliphatic carbocycles. The number of rotatable bonds is 3. The summed E-state index contributed by atoms with van der Waals surface area (Å²) in [5.41, 5.74) is 7.56. The van der Waals surface area contributed by atoms with Crippen molar-refractivity contribution in [2.75, 3.05) is 0 Å². The van der Waals surface area contributed by atoms with E-state index in [0.29, 0.717) is 0 Å². The average Bonchev–Trinajstić information content (AvgIpc) is 3.51. The van der Waals surface area contributed by atoms with Crippen molar-refractivity contribution < 1.29 is 0 Å². The zero-order chi connectivity index (χ0) is 30.9. The van der Waals surface area contributed by atoms with Crippen LogP contribution in [0.2, 0.25) is 0 Å². The SMILES string of the molecule is c1ccc2c(c1)ccc1cc(-c3ccc(-c4c5ccccc5c(-c5ccc6sc7ccccc7c6c5)c5ccccc45)cc3)ccc12. The van der Waals surface area contributed by atoms with Crippen LogP contribution in [0.3, 0.4) is 0 Å². The van der Waals surface area contributed by atoms with Gasteiger partial charge in [0.15, 0.2) is 0 Å². The molecule has 0 unspecified atom stereocenters. The van der Waals surface area contributed by atoms with E-state index < -0.39 is 0 Å². The van der Waals surface area contributed by atoms with Crippen LogP contribution in [0.15, 0.2) is 170 Å². The van der Waals surface area contributed by atoms with Gasteiger partial charge in [-0.2, -0.15) is 0 Å². The highest BCUT2D eigenvalue weighted by molar-refractivity contribution is 7.25. The monoisotopic (exact) mass is 612 g/mol. The summed E-state index contributed by atoms with van der Waals surface area (Å²) >= 11 is 1.87. The summed E-state index contributed by atoms with van der Waals surface area (Å²) in [7, 11) is 0. The van der Waals surface area contributed by atoms with E-state index >= 15 is 0 Å². The highest BCUT2D eigenvalue weighted by Gasteiger charge is 2.17. The second-order valence-electron chi connectivity index (χ2n) is 12.5. The first-order valence-electron chi connectivity index (χ1n) is 16.2. The summed E-state index contributed by atoms with van der Waals surface area (Å²) in [6.07, 6.45) is 0. The van der Waals surface area contributed by atoms with Crippen LogP contribution in [0.1, 0.15) is 0 Å². The first kappa shape index (κ1) is 26.5. The molecule has 0 bridgehead atoms. The third-order valence-corrected chi connectivity index (χ3v) is 11.0. The number of fused-ring (bicyclic) bond motifs is 8. The standard InChI is InChI=1S/C46H28S/c1-2-10-35-30(9-1)19-22-33-27-32(23-25-36(33)35)29-17-20-31(21-18-29)45-38-12-3-5-14-40(38)46(41-15-6-4-13-39(41)45)34-24-26-44-42(28-34)37-11-7-8-16-43(37)47-44/h1-28H. The molecule has 47 heavy (non-hydrogen) atoms. The zero-order valence-corrected chi connectivity index (χ0v) is 26.4. The summed E-state index contributed by atoms with van der Waals surface area (Å²) < 4.78 is 2.67. The maximum Gasteiger partial charge on any atom is 0.0355 e. The minimum Gasteiger partial charge on any atom is -0.135 e. The molecule has 0 N–H and O–H groups in total. The second-order valence-corrected chi connectivity index (χ2v) is 13.5. The number of hydrogen-bond acceptors (Lipinski definition) is 1. The topological polar surface area (TPSA) is 0 Å². The molecule has 0 aliphatic rings. The first-order chi connectivity index (χ1) is 23.3. The normalized spacial score (nSPS) is 11.8. The van der Waals surface area contributed by atoms with Gasteiger partial charge in [0.2, 0.25) is 0 Å². The Labute approximate surface area is 276 Å². The van der Waals surface area contributed by atoms with Gasteiger partial charge in [-0.05, 0) is 101 Å². The predicted molar refractivity (Wildman–Crippen MR) is 206 cm³/mol. The van der Waals surface area contributed by atoms with Crippen LogP contribution in [-0.2, 0) is 0 Å². The molecule has 10 rings (SSSR count). The molecule has 0 saturated heterocycles. The molecule has 0 radical (unpaired) electrons. The van der Waals surface area contributed by atoms with Crippen molar-refractivity contribution in [3.05, 3.63) is 170 Å². The second kappa shape index (κ2) is 10.4. The van der Waals surface area contributed by atoms with Crippen molar-refractivity contribution in [2.24, 2.45) is 0 Å². The maximum atomic E-state index is 2.41. The fourth-order valence-corrected chi connectivity index (χ4v) is 8.74. The maximum absolute atomic E-state index is 2.41. The lowest BCUT2D eigenvalue weighted by Gasteiger charge is -2.18. The quantitative estimate of drug-likeness (QED) is 0.138. The van der Waals surface area contributed by atoms with E-state index in [4.69, 9.17) is 0 Å². The third-order valence-electron chi connectivity index (χ3n) is 9.85. The van der Waals surface area contributed by atoms with Gasteiger partial charge in [0.25, 0.3) is 0 Å². The summed E-state index contributed by atoms with van der Waals surface area (Å²) in [6.45, 7) is 0. The van der Waals surface area contributed by atoms with Gasteiger partial charge in [-0.25, -0.2) is 0 Å². The van der Waals surface area contributed by atoms with Gasteiger partial charge in [-0.15, -0.1) is 11.3 Å². The van der Waals surface area contributed by atoms with Crippen LogP contribution >= 0.6 is 11.3 Å². The van der Waals surface area contributed by atoms with Gasteiger partial charge in [-0.1, -0.05) is 146 Å². The van der Waals surface area contributed by atoms with E-state index in [0.717, 1.165) is 0 Å². The largest absolute Gasteiger partial charge is 0.135 e. The lowest BCUT2D eigenvalue weighted by atomic mass is 9.85. The summed E-state index contributed by atoms with van der Waals surface area (Å²) in [5.74, 6) is 0. The Morgan fingerprint density at radius 1 is 0.255 bits per heavy atom. The molecule has 9 aromatic carbocycles. The van der Waals surface area contributed by atoms with Crippen LogP contribution in [-0.4, -0.2) is 0 Å². The van der Waals surface area contributed by atoms with Crippen LogP contribution < -0.4 is 0 Å². The smallest absolute Gasteiger partial charge is 0.0355 e. The Bertz CT molecular complexity index is 2780. The Balaban J connectivity index is 1.14. The molecule has 0 aliphatic heterocycles. The fourth-order valence-electron chi connectivity index (χ4n) is 7.65. The van der Waals surface area contributed by atoms with E-state index in [1.54, 1.807) is 0 Å². The number of hydrogen-bond donors (Lipinski definition) is 0. The highest BCUT2D eigenvalue weighted by atomic mass is 32.1. The summed E-state index contributed by atoms with van der Waals surface area (Å²) in [6, 6.07) is 62.8. The van der Waals surface area contributed by atoms with Crippen LogP contribution in [0.25, 0.3) is 96.6 Å². The lowest BCUT2D eigenvalue weighted by Crippen LogP contribution is -1.91. The molecule has 0 saturated carbocycles. The van der Waals surface area contributed by atoms with Crippen molar-refractivity contribution >= 4 is 74.6 Å². The van der Waals surface area contributed by atoms with Gasteiger partial charge in [0, 0.05) is 20.2 Å². The minimum absolute atomic E-state index is 1.23.